The number of hydrogen-bond donors (Lipinski definition) is 2. The van der Waals surface area contributed by atoms with Crippen LogP contribution in [0.25, 0.3) is 0 Å². The van der Waals surface area contributed by atoms with Crippen molar-refractivity contribution in [3.63, 3.8) is 0 Å². The van der Waals surface area contributed by atoms with Gasteiger partial charge in [0, 0.05) is 17.7 Å². The summed E-state index contributed by atoms with van der Waals surface area (Å²) >= 11 is 2.52. The predicted octanol–water partition coefficient (Wildman–Crippen LogP) is 0.999. The maximum absolute atomic E-state index is 13.3. The molecule has 2 saturated heterocycles. The first kappa shape index (κ1) is 27.9. The molecule has 1 aromatic rings. The smallest absolute Gasteiger partial charge is 0.358 e. The van der Waals surface area contributed by atoms with Crippen LogP contribution in [0.4, 0.5) is 5.13 Å². The average molecular weight is 568 g/mol. The minimum absolute atomic E-state index is 0.0565. The zero-order valence-electron chi connectivity index (χ0n) is 21.3. The number of carbonyl (C=O) groups is 4. The number of nitrogens with one attached hydrogen (secondary N) is 1. The average Bonchev–Trinajstić information content (AvgIpc) is 3.56. The van der Waals surface area contributed by atoms with Gasteiger partial charge in [0.1, 0.15) is 29.9 Å². The standard InChI is InChI=1S/C23H29N5O8S2/c1-23(2,3)21(32)36-10-35-20(31)16-11(13-6-5-7-34-13)8-37-19-15(18(30)28(16)19)26-17(29)14(27-33-4)12-9-38-22(24)25-12/h9,13,15,19H,5-8,10H2,1-4H3,(H2,24,25)(H,26,29)/b27-14+/t13-,15-,19-/m1/s1. The number of β-lactam (4-membered cyclic amide) rings is 1. The maximum atomic E-state index is 13.3. The molecule has 4 heterocycles. The van der Waals surface area contributed by atoms with E-state index in [2.05, 4.69) is 15.5 Å². The number of amides is 2. The van der Waals surface area contributed by atoms with E-state index in [0.29, 0.717) is 24.4 Å². The fourth-order valence-electron chi connectivity index (χ4n) is 4.05. The van der Waals surface area contributed by atoms with Crippen LogP contribution >= 0.6 is 23.1 Å². The molecule has 0 saturated carbocycles. The number of oxime groups is 1. The van der Waals surface area contributed by atoms with Crippen LogP contribution in [0.1, 0.15) is 39.3 Å². The van der Waals surface area contributed by atoms with Crippen molar-refractivity contribution in [2.24, 2.45) is 10.6 Å². The monoisotopic (exact) mass is 567 g/mol. The van der Waals surface area contributed by atoms with E-state index in [1.165, 1.54) is 23.8 Å². The molecular formula is C23H29N5O8S2. The number of aromatic nitrogens is 1. The van der Waals surface area contributed by atoms with Gasteiger partial charge in [-0.1, -0.05) is 5.16 Å². The molecule has 15 heteroatoms. The number of esters is 2. The van der Waals surface area contributed by atoms with Gasteiger partial charge >= 0.3 is 11.9 Å². The van der Waals surface area contributed by atoms with Crippen molar-refractivity contribution >= 4 is 57.7 Å². The summed E-state index contributed by atoms with van der Waals surface area (Å²) in [4.78, 5) is 61.6. The number of nitrogens with zero attached hydrogens (tertiary/aromatic N) is 3. The van der Waals surface area contributed by atoms with Gasteiger partial charge < -0.3 is 30.1 Å². The normalized spacial score (nSPS) is 23.5. The van der Waals surface area contributed by atoms with Crippen molar-refractivity contribution in [1.82, 2.24) is 15.2 Å². The van der Waals surface area contributed by atoms with Crippen molar-refractivity contribution in [3.05, 3.63) is 22.3 Å². The molecule has 0 bridgehead atoms. The van der Waals surface area contributed by atoms with E-state index in [4.69, 9.17) is 24.8 Å². The Morgan fingerprint density at radius 1 is 1.32 bits per heavy atom. The number of thiazole rings is 1. The van der Waals surface area contributed by atoms with E-state index in [0.717, 1.165) is 17.8 Å². The minimum atomic E-state index is -0.932. The molecule has 2 amide bonds. The molecule has 0 aliphatic carbocycles. The van der Waals surface area contributed by atoms with Crippen LogP contribution < -0.4 is 11.1 Å². The van der Waals surface area contributed by atoms with Crippen molar-refractivity contribution in [2.75, 3.05) is 32.0 Å². The highest BCUT2D eigenvalue weighted by molar-refractivity contribution is 8.00. The number of anilines is 1. The zero-order chi connectivity index (χ0) is 27.6. The summed E-state index contributed by atoms with van der Waals surface area (Å²) < 4.78 is 16.1. The summed E-state index contributed by atoms with van der Waals surface area (Å²) in [6.07, 6.45) is 1.19. The quantitative estimate of drug-likeness (QED) is 0.151. The van der Waals surface area contributed by atoms with E-state index in [1.807, 2.05) is 0 Å². The maximum Gasteiger partial charge on any atom is 0.358 e. The topological polar surface area (TPSA) is 172 Å². The number of nitrogens with two attached hydrogens (primary N) is 1. The fourth-order valence-corrected chi connectivity index (χ4v) is 6.01. The first-order valence-electron chi connectivity index (χ1n) is 11.8. The molecule has 0 radical (unpaired) electrons. The number of thioether (sulfide) groups is 1. The number of nitrogen functional groups attached to an aromatic ring is 1. The number of rotatable bonds is 8. The Labute approximate surface area is 227 Å². The largest absolute Gasteiger partial charge is 0.427 e. The second-order valence-electron chi connectivity index (χ2n) is 9.66. The minimum Gasteiger partial charge on any atom is -0.427 e. The van der Waals surface area contributed by atoms with Gasteiger partial charge in [-0.3, -0.25) is 19.3 Å². The van der Waals surface area contributed by atoms with Crippen LogP contribution in [0.3, 0.4) is 0 Å². The first-order valence-corrected chi connectivity index (χ1v) is 13.7. The Hall–Kier alpha value is -3.17. The Kier molecular flexibility index (Phi) is 8.28. The lowest BCUT2D eigenvalue weighted by molar-refractivity contribution is -0.173. The molecule has 3 atom stereocenters. The molecule has 3 N–H and O–H groups in total. The van der Waals surface area contributed by atoms with Gasteiger partial charge in [-0.2, -0.15) is 0 Å². The molecule has 206 valence electrons. The van der Waals surface area contributed by atoms with E-state index in [-0.39, 0.29) is 28.3 Å². The van der Waals surface area contributed by atoms with Crippen LogP contribution in [0.15, 0.2) is 21.8 Å². The fraction of sp³-hybridized carbons (Fsp3) is 0.565. The summed E-state index contributed by atoms with van der Waals surface area (Å²) in [5.74, 6) is -2.13. The third-order valence-corrected chi connectivity index (χ3v) is 7.93. The molecule has 4 rings (SSSR count). The summed E-state index contributed by atoms with van der Waals surface area (Å²) in [5, 5.41) is 7.63. The Morgan fingerprint density at radius 3 is 2.68 bits per heavy atom. The lowest BCUT2D eigenvalue weighted by Crippen LogP contribution is -2.71. The lowest BCUT2D eigenvalue weighted by atomic mass is 9.98. The highest BCUT2D eigenvalue weighted by Gasteiger charge is 2.55. The van der Waals surface area contributed by atoms with Crippen LogP contribution in [-0.2, 0) is 38.2 Å². The molecule has 1 aromatic heterocycles. The van der Waals surface area contributed by atoms with Gasteiger partial charge in [0.25, 0.3) is 11.8 Å². The number of hydrogen-bond acceptors (Lipinski definition) is 13. The van der Waals surface area contributed by atoms with Crippen molar-refractivity contribution in [3.8, 4) is 0 Å². The second-order valence-corrected chi connectivity index (χ2v) is 11.7. The zero-order valence-corrected chi connectivity index (χ0v) is 23.0. The molecule has 38 heavy (non-hydrogen) atoms. The summed E-state index contributed by atoms with van der Waals surface area (Å²) in [6, 6.07) is -0.932. The summed E-state index contributed by atoms with van der Waals surface area (Å²) in [6.45, 7) is 4.99. The highest BCUT2D eigenvalue weighted by Crippen LogP contribution is 2.43. The Morgan fingerprint density at radius 2 is 2.08 bits per heavy atom. The van der Waals surface area contributed by atoms with E-state index in [1.54, 1.807) is 26.2 Å². The molecule has 3 aliphatic rings. The van der Waals surface area contributed by atoms with Crippen molar-refractivity contribution in [1.29, 1.82) is 0 Å². The van der Waals surface area contributed by atoms with Gasteiger partial charge in [0.15, 0.2) is 10.8 Å². The predicted molar refractivity (Wildman–Crippen MR) is 138 cm³/mol. The van der Waals surface area contributed by atoms with Crippen LogP contribution in [0.5, 0.6) is 0 Å². The highest BCUT2D eigenvalue weighted by atomic mass is 32.2. The number of ether oxygens (including phenoxy) is 3. The van der Waals surface area contributed by atoms with Gasteiger partial charge in [-0.05, 0) is 39.2 Å². The summed E-state index contributed by atoms with van der Waals surface area (Å²) in [7, 11) is 1.28. The van der Waals surface area contributed by atoms with Crippen LogP contribution in [0, 0.1) is 5.41 Å². The summed E-state index contributed by atoms with van der Waals surface area (Å²) in [5.41, 5.74) is 5.67. The molecule has 0 aromatic carbocycles. The van der Waals surface area contributed by atoms with Crippen LogP contribution in [-0.4, -0.2) is 83.1 Å². The Balaban J connectivity index is 1.50. The third kappa shape index (κ3) is 5.63. The van der Waals surface area contributed by atoms with E-state index in [9.17, 15) is 19.2 Å². The van der Waals surface area contributed by atoms with Crippen LogP contribution in [0.2, 0.25) is 0 Å². The second kappa shape index (κ2) is 11.3. The lowest BCUT2D eigenvalue weighted by Gasteiger charge is -2.50. The first-order chi connectivity index (χ1) is 18.0. The van der Waals surface area contributed by atoms with Gasteiger partial charge in [0.05, 0.1) is 11.5 Å². The van der Waals surface area contributed by atoms with E-state index >= 15 is 0 Å². The molecule has 0 unspecified atom stereocenters. The molecule has 13 nitrogen and oxygen atoms in total. The third-order valence-electron chi connectivity index (χ3n) is 5.95. The number of fused-ring (bicyclic) bond motifs is 1. The van der Waals surface area contributed by atoms with Crippen molar-refractivity contribution < 1.29 is 38.2 Å². The van der Waals surface area contributed by atoms with Crippen molar-refractivity contribution in [2.45, 2.75) is 51.1 Å². The van der Waals surface area contributed by atoms with E-state index < -0.39 is 47.4 Å². The number of carbonyl (C=O) groups excluding carboxylic acids is 4. The van der Waals surface area contributed by atoms with Gasteiger partial charge in [-0.15, -0.1) is 23.1 Å². The molecule has 0 spiro atoms. The molecular weight excluding hydrogens is 538 g/mol. The van der Waals surface area contributed by atoms with Gasteiger partial charge in [-0.25, -0.2) is 9.78 Å². The SMILES string of the molecule is CO/N=C(/C(=O)N[C@@H]1C(=O)N2C(C(=O)OCOC(=O)C(C)(C)C)=C([C@H]3CCCO3)CS[C@H]12)c1csc(N)n1. The van der Waals surface area contributed by atoms with Gasteiger partial charge in [0.2, 0.25) is 6.79 Å². The molecule has 3 aliphatic heterocycles. The Bertz CT molecular complexity index is 1180. The molecule has 2 fully saturated rings.